The zero-order valence-electron chi connectivity index (χ0n) is 13.2. The minimum Gasteiger partial charge on any atom is -0.444 e. The van der Waals surface area contributed by atoms with E-state index in [9.17, 15) is 4.79 Å². The van der Waals surface area contributed by atoms with Crippen LogP contribution >= 0.6 is 0 Å². The quantitative estimate of drug-likeness (QED) is 0.914. The van der Waals surface area contributed by atoms with Gasteiger partial charge in [-0.2, -0.15) is 0 Å². The number of carbonyl (C=O) groups is 1. The second-order valence-electron chi connectivity index (χ2n) is 6.72. The normalized spacial score (nSPS) is 17.8. The summed E-state index contributed by atoms with van der Waals surface area (Å²) in [6.45, 7) is 10.1. The Morgan fingerprint density at radius 2 is 2.19 bits per heavy atom. The van der Waals surface area contributed by atoms with Crippen molar-refractivity contribution in [1.82, 2.24) is 5.32 Å². The third kappa shape index (κ3) is 4.62. The highest BCUT2D eigenvalue weighted by Gasteiger charge is 2.21. The Bertz CT molecular complexity index is 529. The summed E-state index contributed by atoms with van der Waals surface area (Å²) in [5.41, 5.74) is 3.55. The van der Waals surface area contributed by atoms with Gasteiger partial charge in [0.25, 0.3) is 0 Å². The number of benzene rings is 1. The van der Waals surface area contributed by atoms with Crippen LogP contribution < -0.4 is 5.32 Å². The smallest absolute Gasteiger partial charge is 0.407 e. The van der Waals surface area contributed by atoms with Gasteiger partial charge < -0.3 is 10.1 Å². The first kappa shape index (κ1) is 15.6. The van der Waals surface area contributed by atoms with E-state index in [-0.39, 0.29) is 6.09 Å². The minimum absolute atomic E-state index is 0.324. The standard InChI is InChI=1S/C18H25NO2/c1-5-13-6-8-16-11-14(7-9-15(16)10-13)12-19-17(20)21-18(2,3)4/h5-6,8,10,14H,1,7,9,11-12H2,2-4H3,(H,19,20). The average molecular weight is 287 g/mol. The van der Waals surface area contributed by atoms with Crippen molar-refractivity contribution in [2.75, 3.05) is 6.54 Å². The van der Waals surface area contributed by atoms with E-state index in [1.165, 1.54) is 16.7 Å². The van der Waals surface area contributed by atoms with Crippen molar-refractivity contribution in [3.8, 4) is 0 Å². The van der Waals surface area contributed by atoms with Crippen LogP contribution in [0.25, 0.3) is 6.08 Å². The molecule has 0 saturated heterocycles. The Morgan fingerprint density at radius 3 is 2.86 bits per heavy atom. The van der Waals surface area contributed by atoms with Crippen molar-refractivity contribution in [2.24, 2.45) is 5.92 Å². The van der Waals surface area contributed by atoms with Crippen molar-refractivity contribution in [2.45, 2.75) is 45.6 Å². The highest BCUT2D eigenvalue weighted by atomic mass is 16.6. The second-order valence-corrected chi connectivity index (χ2v) is 6.72. The topological polar surface area (TPSA) is 38.3 Å². The van der Waals surface area contributed by atoms with E-state index in [1.807, 2.05) is 26.8 Å². The number of alkyl carbamates (subject to hydrolysis) is 1. The number of amides is 1. The summed E-state index contributed by atoms with van der Waals surface area (Å²) in [5, 5.41) is 2.88. The molecule has 0 bridgehead atoms. The lowest BCUT2D eigenvalue weighted by molar-refractivity contribution is 0.0518. The monoisotopic (exact) mass is 287 g/mol. The molecule has 1 aliphatic rings. The fourth-order valence-electron chi connectivity index (χ4n) is 2.69. The second kappa shape index (κ2) is 6.33. The lowest BCUT2D eigenvalue weighted by Gasteiger charge is -2.26. The third-order valence-electron chi connectivity index (χ3n) is 3.73. The lowest BCUT2D eigenvalue weighted by atomic mass is 9.83. The van der Waals surface area contributed by atoms with Crippen LogP contribution in [-0.2, 0) is 17.6 Å². The maximum absolute atomic E-state index is 11.7. The maximum atomic E-state index is 11.7. The molecular formula is C18H25NO2. The van der Waals surface area contributed by atoms with Crippen LogP contribution in [0.5, 0.6) is 0 Å². The van der Waals surface area contributed by atoms with E-state index >= 15 is 0 Å². The van der Waals surface area contributed by atoms with E-state index in [2.05, 4.69) is 30.1 Å². The van der Waals surface area contributed by atoms with E-state index in [4.69, 9.17) is 4.74 Å². The van der Waals surface area contributed by atoms with Crippen molar-refractivity contribution >= 4 is 12.2 Å². The predicted octanol–water partition coefficient (Wildman–Crippen LogP) is 3.96. The summed E-state index contributed by atoms with van der Waals surface area (Å²) in [7, 11) is 0. The zero-order valence-corrected chi connectivity index (χ0v) is 13.2. The van der Waals surface area contributed by atoms with Gasteiger partial charge in [-0.25, -0.2) is 4.79 Å². The summed E-state index contributed by atoms with van der Waals surface area (Å²) in [6.07, 6.45) is 4.75. The number of hydrogen-bond acceptors (Lipinski definition) is 2. The molecule has 21 heavy (non-hydrogen) atoms. The lowest BCUT2D eigenvalue weighted by Crippen LogP contribution is -2.36. The van der Waals surface area contributed by atoms with Crippen LogP contribution in [0.2, 0.25) is 0 Å². The Kier molecular flexibility index (Phi) is 4.71. The molecule has 1 unspecified atom stereocenters. The van der Waals surface area contributed by atoms with Crippen LogP contribution in [0.3, 0.4) is 0 Å². The van der Waals surface area contributed by atoms with Gasteiger partial charge in [0.05, 0.1) is 0 Å². The fourth-order valence-corrected chi connectivity index (χ4v) is 2.69. The van der Waals surface area contributed by atoms with Gasteiger partial charge in [0.15, 0.2) is 0 Å². The molecule has 0 spiro atoms. The predicted molar refractivity (Wildman–Crippen MR) is 86.3 cm³/mol. The van der Waals surface area contributed by atoms with Crippen LogP contribution in [0.15, 0.2) is 24.8 Å². The highest BCUT2D eigenvalue weighted by Crippen LogP contribution is 2.26. The average Bonchev–Trinajstić information content (AvgIpc) is 2.42. The van der Waals surface area contributed by atoms with Crippen LogP contribution in [0, 0.1) is 5.92 Å². The van der Waals surface area contributed by atoms with Gasteiger partial charge in [-0.1, -0.05) is 30.9 Å². The van der Waals surface area contributed by atoms with Crippen molar-refractivity contribution in [3.05, 3.63) is 41.5 Å². The summed E-state index contributed by atoms with van der Waals surface area (Å²) in [4.78, 5) is 11.7. The first-order valence-electron chi connectivity index (χ1n) is 7.58. The molecule has 1 aliphatic carbocycles. The third-order valence-corrected chi connectivity index (χ3v) is 3.73. The van der Waals surface area contributed by atoms with E-state index < -0.39 is 5.60 Å². The minimum atomic E-state index is -0.440. The van der Waals surface area contributed by atoms with Crippen LogP contribution in [0.4, 0.5) is 4.79 Å². The molecule has 1 N–H and O–H groups in total. The van der Waals surface area contributed by atoms with Gasteiger partial charge in [-0.3, -0.25) is 0 Å². The summed E-state index contributed by atoms with van der Waals surface area (Å²) in [6, 6.07) is 6.52. The highest BCUT2D eigenvalue weighted by molar-refractivity contribution is 5.67. The Hall–Kier alpha value is -1.77. The van der Waals surface area contributed by atoms with Gasteiger partial charge in [0.1, 0.15) is 5.60 Å². The molecule has 114 valence electrons. The van der Waals surface area contributed by atoms with Crippen LogP contribution in [0.1, 0.15) is 43.9 Å². The fraction of sp³-hybridized carbons (Fsp3) is 0.500. The Labute approximate surface area is 127 Å². The summed E-state index contributed by atoms with van der Waals surface area (Å²) in [5.74, 6) is 0.486. The molecule has 2 rings (SSSR count). The van der Waals surface area contributed by atoms with Crippen molar-refractivity contribution in [3.63, 3.8) is 0 Å². The molecule has 0 heterocycles. The number of carbonyl (C=O) groups excluding carboxylic acids is 1. The SMILES string of the molecule is C=Cc1ccc2c(c1)CCC(CNC(=O)OC(C)(C)C)C2. The summed E-state index contributed by atoms with van der Waals surface area (Å²) < 4.78 is 5.27. The zero-order chi connectivity index (χ0) is 15.5. The number of rotatable bonds is 3. The maximum Gasteiger partial charge on any atom is 0.407 e. The Morgan fingerprint density at radius 1 is 1.43 bits per heavy atom. The molecule has 0 radical (unpaired) electrons. The van der Waals surface area contributed by atoms with Gasteiger partial charge in [-0.15, -0.1) is 0 Å². The van der Waals surface area contributed by atoms with Gasteiger partial charge in [-0.05, 0) is 62.6 Å². The van der Waals surface area contributed by atoms with E-state index in [1.54, 1.807) is 0 Å². The number of aryl methyl sites for hydroxylation is 1. The van der Waals surface area contributed by atoms with E-state index in [0.717, 1.165) is 19.3 Å². The van der Waals surface area contributed by atoms with Crippen molar-refractivity contribution in [1.29, 1.82) is 0 Å². The number of hydrogen-bond donors (Lipinski definition) is 1. The molecule has 1 amide bonds. The van der Waals surface area contributed by atoms with Crippen molar-refractivity contribution < 1.29 is 9.53 Å². The number of fused-ring (bicyclic) bond motifs is 1. The molecule has 0 aliphatic heterocycles. The number of nitrogens with one attached hydrogen (secondary N) is 1. The molecular weight excluding hydrogens is 262 g/mol. The molecule has 1 aromatic carbocycles. The van der Waals surface area contributed by atoms with Gasteiger partial charge >= 0.3 is 6.09 Å². The first-order chi connectivity index (χ1) is 9.87. The van der Waals surface area contributed by atoms with Gasteiger partial charge in [0, 0.05) is 6.54 Å². The molecule has 0 aromatic heterocycles. The van der Waals surface area contributed by atoms with Crippen LogP contribution in [-0.4, -0.2) is 18.2 Å². The summed E-state index contributed by atoms with van der Waals surface area (Å²) >= 11 is 0. The molecule has 3 nitrogen and oxygen atoms in total. The largest absolute Gasteiger partial charge is 0.444 e. The van der Waals surface area contributed by atoms with E-state index in [0.29, 0.717) is 12.5 Å². The first-order valence-corrected chi connectivity index (χ1v) is 7.58. The molecule has 3 heteroatoms. The van der Waals surface area contributed by atoms with Gasteiger partial charge in [0.2, 0.25) is 0 Å². The molecule has 0 fully saturated rings. The molecule has 1 atom stereocenters. The Balaban J connectivity index is 1.87. The molecule has 1 aromatic rings. The molecule has 0 saturated carbocycles. The number of ether oxygens (including phenoxy) is 1.